The van der Waals surface area contributed by atoms with E-state index >= 15 is 0 Å². The lowest BCUT2D eigenvalue weighted by Crippen LogP contribution is -2.39. The fourth-order valence-electron chi connectivity index (χ4n) is 5.60. The molecule has 4 rings (SSSR count). The summed E-state index contributed by atoms with van der Waals surface area (Å²) in [7, 11) is 2.88. The molecule has 8 nitrogen and oxygen atoms in total. The Morgan fingerprint density at radius 2 is 1.81 bits per heavy atom. The highest BCUT2D eigenvalue weighted by Gasteiger charge is 2.35. The average molecular weight is 590 g/mol. The zero-order chi connectivity index (χ0) is 30.4. The van der Waals surface area contributed by atoms with E-state index in [1.807, 2.05) is 26.0 Å². The number of ether oxygens (including phenoxy) is 3. The number of benzene rings is 2. The van der Waals surface area contributed by atoms with Crippen molar-refractivity contribution in [3.05, 3.63) is 64.8 Å². The molecule has 0 spiro atoms. The molecule has 2 aromatic carbocycles. The fraction of sp³-hybridized carbons (Fsp3) is 0.484. The van der Waals surface area contributed by atoms with Crippen molar-refractivity contribution >= 4 is 23.0 Å². The second kappa shape index (κ2) is 13.6. The first-order valence-electron chi connectivity index (χ1n) is 14.1. The molecule has 3 aromatic rings. The first kappa shape index (κ1) is 31.4. The van der Waals surface area contributed by atoms with Crippen molar-refractivity contribution in [3.8, 4) is 5.75 Å². The van der Waals surface area contributed by atoms with Gasteiger partial charge in [0, 0.05) is 42.8 Å². The zero-order valence-electron chi connectivity index (χ0n) is 24.5. The molecule has 228 valence electrons. The number of aromatic nitrogens is 1. The molecular formula is C31H38F3N3O5. The van der Waals surface area contributed by atoms with Crippen LogP contribution in [0.25, 0.3) is 10.9 Å². The van der Waals surface area contributed by atoms with Crippen molar-refractivity contribution in [3.63, 3.8) is 0 Å². The van der Waals surface area contributed by atoms with Gasteiger partial charge in [-0.15, -0.1) is 0 Å². The van der Waals surface area contributed by atoms with Gasteiger partial charge in [-0.05, 0) is 61.7 Å². The molecule has 0 aliphatic carbocycles. The van der Waals surface area contributed by atoms with Gasteiger partial charge in [0.1, 0.15) is 5.75 Å². The minimum absolute atomic E-state index is 0.152. The molecule has 0 N–H and O–H groups in total. The van der Waals surface area contributed by atoms with E-state index in [-0.39, 0.29) is 6.54 Å². The standard InChI is InChI=1S/C31H38F3N3O5/c1-5-6-16-42-30(39)37-15-12-24-25(27(40-3)17-21(2)28(24)37)18-36-14-7-13-35(20-31(32,33)34)19-26(36)22-8-10-23(11-9-22)29(38)41-4/h8-12,15,17,26H,5-7,13-14,16,18-20H2,1-4H3. The molecule has 0 saturated carbocycles. The number of aryl methyl sites for hydroxylation is 1. The highest BCUT2D eigenvalue weighted by atomic mass is 19.4. The van der Waals surface area contributed by atoms with E-state index in [1.165, 1.54) is 16.6 Å². The smallest absolute Gasteiger partial charge is 0.418 e. The normalized spacial score (nSPS) is 16.8. The van der Waals surface area contributed by atoms with Gasteiger partial charge in [0.15, 0.2) is 0 Å². The number of hydrogen-bond donors (Lipinski definition) is 0. The van der Waals surface area contributed by atoms with Gasteiger partial charge in [0.2, 0.25) is 0 Å². The van der Waals surface area contributed by atoms with Gasteiger partial charge in [-0.1, -0.05) is 25.5 Å². The number of halogens is 3. The maximum Gasteiger partial charge on any atom is 0.418 e. The van der Waals surface area contributed by atoms with Crippen molar-refractivity contribution in [1.29, 1.82) is 0 Å². The minimum atomic E-state index is -4.32. The summed E-state index contributed by atoms with van der Waals surface area (Å²) < 4.78 is 57.9. The van der Waals surface area contributed by atoms with Crippen molar-refractivity contribution in [2.75, 3.05) is 47.0 Å². The van der Waals surface area contributed by atoms with E-state index in [9.17, 15) is 22.8 Å². The van der Waals surface area contributed by atoms with Gasteiger partial charge in [-0.3, -0.25) is 14.4 Å². The van der Waals surface area contributed by atoms with Crippen LogP contribution in [-0.2, 0) is 16.0 Å². The van der Waals surface area contributed by atoms with E-state index in [1.54, 1.807) is 37.6 Å². The highest BCUT2D eigenvalue weighted by Crippen LogP contribution is 2.36. The number of alkyl halides is 3. The van der Waals surface area contributed by atoms with Crippen molar-refractivity contribution < 1.29 is 37.0 Å². The van der Waals surface area contributed by atoms with Crippen LogP contribution in [0.2, 0.25) is 0 Å². The van der Waals surface area contributed by atoms with Crippen LogP contribution in [0.1, 0.15) is 59.3 Å². The molecule has 0 radical (unpaired) electrons. The van der Waals surface area contributed by atoms with Crippen molar-refractivity contribution in [2.45, 2.75) is 51.9 Å². The summed E-state index contributed by atoms with van der Waals surface area (Å²) >= 11 is 0. The highest BCUT2D eigenvalue weighted by molar-refractivity contribution is 5.95. The lowest BCUT2D eigenvalue weighted by atomic mass is 10.00. The molecule has 1 unspecified atom stereocenters. The third-order valence-corrected chi connectivity index (χ3v) is 7.64. The number of rotatable bonds is 9. The van der Waals surface area contributed by atoms with Gasteiger partial charge in [0.05, 0.1) is 38.5 Å². The van der Waals surface area contributed by atoms with Crippen LogP contribution in [0.4, 0.5) is 18.0 Å². The Hall–Kier alpha value is -3.57. The Balaban J connectivity index is 1.73. The van der Waals surface area contributed by atoms with Crippen LogP contribution in [0, 0.1) is 6.92 Å². The largest absolute Gasteiger partial charge is 0.496 e. The number of carbonyl (C=O) groups excluding carboxylic acids is 2. The van der Waals surface area contributed by atoms with Crippen LogP contribution >= 0.6 is 0 Å². The Kier molecular flexibility index (Phi) is 10.2. The Morgan fingerprint density at radius 3 is 2.45 bits per heavy atom. The van der Waals surface area contributed by atoms with Crippen LogP contribution in [0.5, 0.6) is 5.75 Å². The van der Waals surface area contributed by atoms with E-state index < -0.39 is 30.8 Å². The van der Waals surface area contributed by atoms with Gasteiger partial charge >= 0.3 is 18.2 Å². The van der Waals surface area contributed by atoms with Crippen LogP contribution in [0.15, 0.2) is 42.6 Å². The predicted molar refractivity (Wildman–Crippen MR) is 153 cm³/mol. The second-order valence-electron chi connectivity index (χ2n) is 10.6. The molecule has 1 aromatic heterocycles. The second-order valence-corrected chi connectivity index (χ2v) is 10.6. The summed E-state index contributed by atoms with van der Waals surface area (Å²) in [5.41, 5.74) is 3.53. The molecule has 0 amide bonds. The number of esters is 1. The molecule has 42 heavy (non-hydrogen) atoms. The molecule has 1 fully saturated rings. The molecule has 1 saturated heterocycles. The van der Waals surface area contributed by atoms with E-state index in [2.05, 4.69) is 4.90 Å². The Morgan fingerprint density at radius 1 is 1.07 bits per heavy atom. The van der Waals surface area contributed by atoms with Crippen molar-refractivity contribution in [2.24, 2.45) is 0 Å². The van der Waals surface area contributed by atoms with E-state index in [0.29, 0.717) is 49.5 Å². The molecular weight excluding hydrogens is 551 g/mol. The maximum atomic E-state index is 13.4. The minimum Gasteiger partial charge on any atom is -0.496 e. The first-order chi connectivity index (χ1) is 20.1. The van der Waals surface area contributed by atoms with Crippen molar-refractivity contribution in [1.82, 2.24) is 14.4 Å². The summed E-state index contributed by atoms with van der Waals surface area (Å²) in [6, 6.07) is 10.1. The van der Waals surface area contributed by atoms with Crippen LogP contribution < -0.4 is 4.74 Å². The SMILES string of the molecule is CCCCOC(=O)n1ccc2c(CN3CCCN(CC(F)(F)F)CC3c3ccc(C(=O)OC)cc3)c(OC)cc(C)c21. The van der Waals surface area contributed by atoms with Gasteiger partial charge < -0.3 is 14.2 Å². The third kappa shape index (κ3) is 7.25. The third-order valence-electron chi connectivity index (χ3n) is 7.64. The molecule has 11 heteroatoms. The van der Waals surface area contributed by atoms with Gasteiger partial charge in [0.25, 0.3) is 0 Å². The number of hydrogen-bond acceptors (Lipinski definition) is 7. The fourth-order valence-corrected chi connectivity index (χ4v) is 5.60. The molecule has 1 atom stereocenters. The average Bonchev–Trinajstić information content (AvgIpc) is 3.32. The summed E-state index contributed by atoms with van der Waals surface area (Å²) in [5.74, 6) is 0.149. The lowest BCUT2D eigenvalue weighted by molar-refractivity contribution is -0.146. The number of unbranched alkanes of at least 4 members (excludes halogenated alkanes) is 1. The van der Waals surface area contributed by atoms with Crippen LogP contribution in [-0.4, -0.2) is 79.6 Å². The lowest BCUT2D eigenvalue weighted by Gasteiger charge is -2.33. The van der Waals surface area contributed by atoms with E-state index in [4.69, 9.17) is 14.2 Å². The monoisotopic (exact) mass is 589 g/mol. The number of carbonyl (C=O) groups is 2. The number of nitrogens with zero attached hydrogens (tertiary/aromatic N) is 3. The summed E-state index contributed by atoms with van der Waals surface area (Å²) in [4.78, 5) is 28.5. The molecule has 1 aliphatic rings. The molecule has 2 heterocycles. The number of methoxy groups -OCH3 is 2. The number of fused-ring (bicyclic) bond motifs is 1. The summed E-state index contributed by atoms with van der Waals surface area (Å²) in [5, 5.41) is 0.815. The molecule has 1 aliphatic heterocycles. The van der Waals surface area contributed by atoms with Gasteiger partial charge in [-0.25, -0.2) is 9.59 Å². The Bertz CT molecular complexity index is 1390. The van der Waals surface area contributed by atoms with E-state index in [0.717, 1.165) is 34.9 Å². The first-order valence-corrected chi connectivity index (χ1v) is 14.1. The summed E-state index contributed by atoms with van der Waals surface area (Å²) in [6.45, 7) is 4.61. The quantitative estimate of drug-likeness (QED) is 0.213. The van der Waals surface area contributed by atoms with Gasteiger partial charge in [-0.2, -0.15) is 13.2 Å². The predicted octanol–water partition coefficient (Wildman–Crippen LogP) is 6.34. The Labute approximate surface area is 243 Å². The molecule has 0 bridgehead atoms. The topological polar surface area (TPSA) is 73.2 Å². The van der Waals surface area contributed by atoms with Crippen LogP contribution in [0.3, 0.4) is 0 Å². The maximum absolute atomic E-state index is 13.4. The summed E-state index contributed by atoms with van der Waals surface area (Å²) in [6.07, 6.45) is -0.886. The zero-order valence-corrected chi connectivity index (χ0v) is 24.5.